The molecule has 0 N–H and O–H groups in total. The van der Waals surface area contributed by atoms with Gasteiger partial charge in [-0.05, 0) is 148 Å². The number of thiophene rings is 2. The molecular formula is C72H72Cl3FN14O12S2. The topological polar surface area (TPSA) is 273 Å². The van der Waals surface area contributed by atoms with E-state index in [0.29, 0.717) is 142 Å². The van der Waals surface area contributed by atoms with Gasteiger partial charge in [-0.1, -0.05) is 77.3 Å². The summed E-state index contributed by atoms with van der Waals surface area (Å²) >= 11 is 21.6. The summed E-state index contributed by atoms with van der Waals surface area (Å²) in [5.74, 6) is -0.777. The van der Waals surface area contributed by atoms with Gasteiger partial charge in [-0.25, -0.2) is 4.39 Å². The number of hydrogen-bond acceptors (Lipinski definition) is 19. The predicted octanol–water partition coefficient (Wildman–Crippen LogP) is 11.4. The molecule has 0 bridgehead atoms. The third-order valence-electron chi connectivity index (χ3n) is 18.2. The summed E-state index contributed by atoms with van der Waals surface area (Å²) in [6.45, 7) is 6.37. The number of pyridine rings is 3. The molecule has 5 aromatic heterocycles. The molecule has 0 saturated carbocycles. The third-order valence-corrected chi connectivity index (χ3v) is 20.6. The first-order valence-corrected chi connectivity index (χ1v) is 36.1. The van der Waals surface area contributed by atoms with Crippen molar-refractivity contribution in [1.82, 2.24) is 38.2 Å². The van der Waals surface area contributed by atoms with Crippen LogP contribution < -0.4 is 31.4 Å². The number of anilines is 3. The van der Waals surface area contributed by atoms with Gasteiger partial charge in [-0.2, -0.15) is 0 Å². The molecule has 3 amide bonds. The fourth-order valence-corrected chi connectivity index (χ4v) is 15.0. The lowest BCUT2D eigenvalue weighted by Gasteiger charge is -2.36. The molecule has 542 valence electrons. The van der Waals surface area contributed by atoms with E-state index in [-0.39, 0.29) is 67.5 Å². The third kappa shape index (κ3) is 16.6. The van der Waals surface area contributed by atoms with Crippen molar-refractivity contribution in [3.05, 3.63) is 247 Å². The Morgan fingerprint density at radius 3 is 1.18 bits per heavy atom. The number of benzene rings is 5. The van der Waals surface area contributed by atoms with Crippen LogP contribution in [0.25, 0.3) is 32.7 Å². The highest BCUT2D eigenvalue weighted by Gasteiger charge is 2.37. The molecule has 26 nitrogen and oxygen atoms in total. The van der Waals surface area contributed by atoms with E-state index >= 15 is 0 Å². The van der Waals surface area contributed by atoms with Crippen molar-refractivity contribution < 1.29 is 33.5 Å². The average molecular weight is 1510 g/mol. The van der Waals surface area contributed by atoms with Crippen LogP contribution in [-0.4, -0.2) is 191 Å². The molecule has 10 aromatic rings. The molecule has 104 heavy (non-hydrogen) atoms. The standard InChI is InChI=1S/C27H22ClFN4O4.C23H26ClN5O4S.C22H24ClN5O4S/c28-20-8-11-23-22(16-20)24(25(33(36)37)27(35)32(23)17-18-4-2-1-3-5-18)30-12-14-31(15-13-30)26(34)19-6-9-21(29)10-7-19;1-25(2)8-4-9-28-18-7-6-16(24)15-17(18)20(21(23(28)31)29(32)33)26-10-12-27(13-11-26)22(30)19-5-3-14-34-19;1-24(2)7-12-27-17-6-5-15(23)14-16(17)19(20(22(27)30)28(31)32)25-8-10-26(11-9-25)21(29)18-4-3-13-33-18/h1-11,16H,12-15,17H2;3,5-7,14-15H,4,8-13H2,1-2H3;3-6,13-14H,7-12H2,1-2H3. The first kappa shape index (κ1) is 75.0. The van der Waals surface area contributed by atoms with E-state index in [1.54, 1.807) is 86.3 Å². The van der Waals surface area contributed by atoms with E-state index in [9.17, 15) is 63.5 Å². The fourth-order valence-electron chi connectivity index (χ4n) is 13.2. The highest BCUT2D eigenvalue weighted by Crippen LogP contribution is 2.40. The normalized spacial score (nSPS) is 14.1. The van der Waals surface area contributed by atoms with Crippen molar-refractivity contribution >= 4 is 142 Å². The van der Waals surface area contributed by atoms with Crippen molar-refractivity contribution in [2.45, 2.75) is 26.1 Å². The number of halogens is 4. The number of rotatable bonds is 18. The van der Waals surface area contributed by atoms with Crippen molar-refractivity contribution in [1.29, 1.82) is 0 Å². The van der Waals surface area contributed by atoms with Crippen LogP contribution >= 0.6 is 57.5 Å². The van der Waals surface area contributed by atoms with Gasteiger partial charge < -0.3 is 48.3 Å². The van der Waals surface area contributed by atoms with Gasteiger partial charge in [0.1, 0.15) is 22.9 Å². The van der Waals surface area contributed by atoms with Gasteiger partial charge in [-0.3, -0.25) is 63.7 Å². The molecule has 8 heterocycles. The maximum atomic E-state index is 13.5. The number of amides is 3. The van der Waals surface area contributed by atoms with Gasteiger partial charge in [0, 0.05) is 135 Å². The summed E-state index contributed by atoms with van der Waals surface area (Å²) in [6, 6.07) is 37.0. The number of piperazine rings is 3. The minimum atomic E-state index is -0.705. The van der Waals surface area contributed by atoms with Gasteiger partial charge in [-0.15, -0.1) is 22.7 Å². The zero-order valence-electron chi connectivity index (χ0n) is 57.1. The highest BCUT2D eigenvalue weighted by molar-refractivity contribution is 7.12. The lowest BCUT2D eigenvalue weighted by molar-refractivity contribution is -0.385. The SMILES string of the molecule is CN(C)CCCn1c(=O)c([N+](=O)[O-])c(N2CCN(C(=O)c3cccs3)CC2)c2cc(Cl)ccc21.CN(C)CCn1c(=O)c([N+](=O)[O-])c(N2CCN(C(=O)c3cccs3)CC2)c2cc(Cl)ccc21.O=C(c1ccc(F)cc1)N1CCN(c2c([N+](=O)[O-])c(=O)n(Cc3ccccc3)c3ccc(Cl)cc23)CC1. The molecule has 13 rings (SSSR count). The lowest BCUT2D eigenvalue weighted by Crippen LogP contribution is -2.49. The number of carbonyl (C=O) groups excluding carboxylic acids is 3. The molecule has 3 fully saturated rings. The summed E-state index contributed by atoms with van der Waals surface area (Å²) in [4.78, 5) is 129. The molecule has 32 heteroatoms. The average Bonchev–Trinajstić information content (AvgIpc) is 0.861. The molecule has 5 aromatic carbocycles. The molecule has 0 atom stereocenters. The smallest absolute Gasteiger partial charge is 0.357 e. The summed E-state index contributed by atoms with van der Waals surface area (Å²) in [7, 11) is 7.64. The van der Waals surface area contributed by atoms with E-state index in [0.717, 1.165) is 12.1 Å². The Hall–Kier alpha value is -10.1. The maximum Gasteiger partial charge on any atom is 0.357 e. The van der Waals surface area contributed by atoms with Crippen LogP contribution in [0.15, 0.2) is 159 Å². The van der Waals surface area contributed by atoms with Crippen LogP contribution in [0.4, 0.5) is 38.5 Å². The zero-order valence-corrected chi connectivity index (χ0v) is 61.0. The van der Waals surface area contributed by atoms with Gasteiger partial charge in [0.05, 0.1) is 47.6 Å². The van der Waals surface area contributed by atoms with E-state index in [2.05, 4.69) is 0 Å². The van der Waals surface area contributed by atoms with Crippen LogP contribution in [-0.2, 0) is 19.6 Å². The number of carbonyl (C=O) groups is 3. The highest BCUT2D eigenvalue weighted by atomic mass is 35.5. The Kier molecular flexibility index (Phi) is 23.9. The second-order valence-corrected chi connectivity index (χ2v) is 28.6. The molecule has 3 aliphatic heterocycles. The maximum absolute atomic E-state index is 13.5. The lowest BCUT2D eigenvalue weighted by atomic mass is 10.1. The van der Waals surface area contributed by atoms with E-state index in [1.807, 2.05) is 101 Å². The summed E-state index contributed by atoms with van der Waals surface area (Å²) in [6.07, 6.45) is 0.671. The number of fused-ring (bicyclic) bond motifs is 3. The van der Waals surface area contributed by atoms with Crippen LogP contribution in [0, 0.1) is 36.2 Å². The predicted molar refractivity (Wildman–Crippen MR) is 406 cm³/mol. The second kappa shape index (κ2) is 33.1. The Morgan fingerprint density at radius 1 is 0.452 bits per heavy atom. The van der Waals surface area contributed by atoms with Crippen LogP contribution in [0.1, 0.15) is 41.7 Å². The summed E-state index contributed by atoms with van der Waals surface area (Å²) < 4.78 is 17.6. The number of hydrogen-bond donors (Lipinski definition) is 0. The van der Waals surface area contributed by atoms with Crippen LogP contribution in [0.5, 0.6) is 0 Å². The van der Waals surface area contributed by atoms with Gasteiger partial charge in [0.25, 0.3) is 17.7 Å². The zero-order chi connectivity index (χ0) is 74.2. The van der Waals surface area contributed by atoms with Crippen molar-refractivity contribution in [3.8, 4) is 0 Å². The summed E-state index contributed by atoms with van der Waals surface area (Å²) in [5, 5.41) is 43.1. The Morgan fingerprint density at radius 2 is 0.817 bits per heavy atom. The molecule has 0 aliphatic carbocycles. The molecule has 0 unspecified atom stereocenters. The number of nitrogens with zero attached hydrogens (tertiary/aromatic N) is 14. The van der Waals surface area contributed by atoms with E-state index in [1.165, 1.54) is 60.6 Å². The Labute approximate surface area is 618 Å². The number of likely N-dealkylation sites (N-methyl/N-ethyl adjacent to an activating group) is 1. The molecular weight excluding hydrogens is 1440 g/mol. The first-order chi connectivity index (χ1) is 49.9. The Bertz CT molecular complexity index is 5060. The number of aryl methyl sites for hydroxylation is 1. The largest absolute Gasteiger partial charge is 0.362 e. The second-order valence-electron chi connectivity index (χ2n) is 25.4. The molecule has 3 saturated heterocycles. The van der Waals surface area contributed by atoms with Crippen molar-refractivity contribution in [3.63, 3.8) is 0 Å². The summed E-state index contributed by atoms with van der Waals surface area (Å²) in [5.41, 5.74) is 0.300. The van der Waals surface area contributed by atoms with Gasteiger partial charge in [0.2, 0.25) is 0 Å². The van der Waals surface area contributed by atoms with Crippen LogP contribution in [0.3, 0.4) is 0 Å². The Balaban J connectivity index is 0.000000157. The van der Waals surface area contributed by atoms with E-state index in [4.69, 9.17) is 34.8 Å². The first-order valence-electron chi connectivity index (χ1n) is 33.2. The van der Waals surface area contributed by atoms with E-state index < -0.39 is 54.3 Å². The number of aromatic nitrogens is 3. The minimum absolute atomic E-state index is 0.0478. The number of nitro groups is 3. The molecule has 3 aliphatic rings. The van der Waals surface area contributed by atoms with Gasteiger partial charge >= 0.3 is 33.7 Å². The fraction of sp³-hybridized carbons (Fsp3) is 0.306. The van der Waals surface area contributed by atoms with Crippen molar-refractivity contribution in [2.75, 3.05) is 135 Å². The van der Waals surface area contributed by atoms with Crippen LogP contribution in [0.2, 0.25) is 15.1 Å². The monoisotopic (exact) mass is 1510 g/mol. The molecule has 0 spiro atoms. The quantitative estimate of drug-likeness (QED) is 0.0570. The molecule has 0 radical (unpaired) electrons. The van der Waals surface area contributed by atoms with Crippen molar-refractivity contribution in [2.24, 2.45) is 0 Å². The van der Waals surface area contributed by atoms with Gasteiger partial charge in [0.15, 0.2) is 0 Å². The minimum Gasteiger partial charge on any atom is -0.362 e.